The number of hydrogen-bond donors (Lipinski definition) is 2. The van der Waals surface area contributed by atoms with Crippen LogP contribution in [-0.2, 0) is 0 Å². The van der Waals surface area contributed by atoms with Crippen LogP contribution < -0.4 is 10.2 Å². The van der Waals surface area contributed by atoms with Crippen molar-refractivity contribution in [2.45, 2.75) is 0 Å². The number of nitriles is 1. The zero-order valence-electron chi connectivity index (χ0n) is 17.4. The second-order valence-corrected chi connectivity index (χ2v) is 7.46. The van der Waals surface area contributed by atoms with Gasteiger partial charge in [0.15, 0.2) is 0 Å². The quantitative estimate of drug-likeness (QED) is 0.638. The van der Waals surface area contributed by atoms with Gasteiger partial charge in [0.2, 0.25) is 0 Å². The van der Waals surface area contributed by atoms with Gasteiger partial charge in [-0.25, -0.2) is 9.07 Å². The van der Waals surface area contributed by atoms with Crippen LogP contribution in [0.2, 0.25) is 0 Å². The highest BCUT2D eigenvalue weighted by atomic mass is 19.1. The van der Waals surface area contributed by atoms with E-state index in [2.05, 4.69) is 32.3 Å². The second kappa shape index (κ2) is 9.16. The minimum Gasteiger partial charge on any atom is -0.395 e. The van der Waals surface area contributed by atoms with E-state index in [0.717, 1.165) is 43.2 Å². The fourth-order valence-corrected chi connectivity index (χ4v) is 3.86. The lowest BCUT2D eigenvalue weighted by Gasteiger charge is -2.36. The number of hydrogen-bond acceptors (Lipinski definition) is 6. The number of β-amino-alcohol motifs (C(OH)–C–C–N with tert-alkyl or cyclic N) is 1. The molecule has 0 radical (unpaired) electrons. The first-order valence-corrected chi connectivity index (χ1v) is 10.3. The summed E-state index contributed by atoms with van der Waals surface area (Å²) in [5.41, 5.74) is 3.37. The van der Waals surface area contributed by atoms with Gasteiger partial charge < -0.3 is 15.3 Å². The number of aliphatic hydroxyl groups excluding tert-OH is 1. The van der Waals surface area contributed by atoms with E-state index in [1.54, 1.807) is 17.8 Å². The lowest BCUT2D eigenvalue weighted by Crippen LogP contribution is -2.47. The molecule has 0 amide bonds. The van der Waals surface area contributed by atoms with Crippen LogP contribution in [0, 0.1) is 17.1 Å². The molecule has 1 aliphatic heterocycles. The third-order valence-corrected chi connectivity index (χ3v) is 5.58. The molecule has 0 unspecified atom stereocenters. The Bertz CT molecular complexity index is 1100. The highest BCUT2D eigenvalue weighted by Gasteiger charge is 2.18. The molecule has 1 aliphatic rings. The van der Waals surface area contributed by atoms with Crippen LogP contribution in [0.5, 0.6) is 0 Å². The van der Waals surface area contributed by atoms with Crippen LogP contribution in [0.1, 0.15) is 5.56 Å². The van der Waals surface area contributed by atoms with E-state index < -0.39 is 5.82 Å². The van der Waals surface area contributed by atoms with Gasteiger partial charge in [0.1, 0.15) is 17.7 Å². The number of aromatic nitrogens is 2. The summed E-state index contributed by atoms with van der Waals surface area (Å²) >= 11 is 0. The number of halogens is 1. The molecular weight excluding hydrogens is 395 g/mol. The van der Waals surface area contributed by atoms with Crippen molar-refractivity contribution < 1.29 is 9.50 Å². The van der Waals surface area contributed by atoms with E-state index >= 15 is 0 Å². The first-order valence-electron chi connectivity index (χ1n) is 10.3. The van der Waals surface area contributed by atoms with Crippen molar-refractivity contribution in [3.8, 4) is 23.0 Å². The molecule has 1 aromatic heterocycles. The number of benzene rings is 2. The number of nitrogens with zero attached hydrogens (tertiary/aromatic N) is 5. The molecule has 0 spiro atoms. The molecule has 2 N–H and O–H groups in total. The molecule has 0 aliphatic carbocycles. The van der Waals surface area contributed by atoms with E-state index in [-0.39, 0.29) is 12.2 Å². The van der Waals surface area contributed by atoms with Crippen molar-refractivity contribution in [3.63, 3.8) is 0 Å². The van der Waals surface area contributed by atoms with Crippen molar-refractivity contribution in [2.24, 2.45) is 0 Å². The summed E-state index contributed by atoms with van der Waals surface area (Å²) < 4.78 is 16.0. The monoisotopic (exact) mass is 420 g/mol. The first kappa shape index (κ1) is 20.8. The summed E-state index contributed by atoms with van der Waals surface area (Å²) in [5, 5.41) is 25.8. The molecule has 2 aromatic carbocycles. The Balaban J connectivity index is 1.66. The van der Waals surface area contributed by atoms with Gasteiger partial charge in [0, 0.05) is 57.1 Å². The molecular formula is C23H25FN6O. The molecule has 31 heavy (non-hydrogen) atoms. The van der Waals surface area contributed by atoms with Gasteiger partial charge in [-0.3, -0.25) is 4.90 Å². The maximum Gasteiger partial charge on any atom is 0.148 e. The molecule has 2 heterocycles. The van der Waals surface area contributed by atoms with Gasteiger partial charge in [0.25, 0.3) is 0 Å². The molecule has 0 atom stereocenters. The Hall–Kier alpha value is -3.41. The number of aliphatic hydroxyl groups is 1. The number of anilines is 2. The topological polar surface area (TPSA) is 80.4 Å². The third kappa shape index (κ3) is 4.38. The number of piperazine rings is 1. The molecule has 0 bridgehead atoms. The number of rotatable bonds is 6. The van der Waals surface area contributed by atoms with Crippen LogP contribution >= 0.6 is 0 Å². The third-order valence-electron chi connectivity index (χ3n) is 5.58. The van der Waals surface area contributed by atoms with Crippen molar-refractivity contribution in [2.75, 3.05) is 56.6 Å². The van der Waals surface area contributed by atoms with Crippen LogP contribution in [-0.4, -0.2) is 66.2 Å². The van der Waals surface area contributed by atoms with Crippen molar-refractivity contribution >= 4 is 11.5 Å². The van der Waals surface area contributed by atoms with E-state index in [1.165, 1.54) is 12.1 Å². The van der Waals surface area contributed by atoms with Gasteiger partial charge >= 0.3 is 0 Å². The lowest BCUT2D eigenvalue weighted by atomic mass is 10.1. The number of nitrogens with one attached hydrogen (secondary N) is 1. The Morgan fingerprint density at radius 3 is 2.55 bits per heavy atom. The SMILES string of the molecule is CNc1cc(-c2ccc(C#N)c(F)c2)n(-c2cccc(N3CCN(CCO)CC3)c2)n1. The Morgan fingerprint density at radius 1 is 1.10 bits per heavy atom. The average molecular weight is 420 g/mol. The van der Waals surface area contributed by atoms with E-state index in [1.807, 2.05) is 24.3 Å². The van der Waals surface area contributed by atoms with Crippen molar-refractivity contribution in [1.29, 1.82) is 5.26 Å². The largest absolute Gasteiger partial charge is 0.395 e. The van der Waals surface area contributed by atoms with Crippen LogP contribution in [0.3, 0.4) is 0 Å². The molecule has 1 fully saturated rings. The lowest BCUT2D eigenvalue weighted by molar-refractivity contribution is 0.189. The summed E-state index contributed by atoms with van der Waals surface area (Å²) in [6, 6.07) is 16.4. The van der Waals surface area contributed by atoms with Crippen LogP contribution in [0.4, 0.5) is 15.9 Å². The maximum absolute atomic E-state index is 14.3. The summed E-state index contributed by atoms with van der Waals surface area (Å²) in [6.07, 6.45) is 0. The molecule has 160 valence electrons. The van der Waals surface area contributed by atoms with Crippen LogP contribution in [0.15, 0.2) is 48.5 Å². The van der Waals surface area contributed by atoms with E-state index in [4.69, 9.17) is 10.4 Å². The normalized spacial score (nSPS) is 14.5. The van der Waals surface area contributed by atoms with Gasteiger partial charge in [-0.15, -0.1) is 5.10 Å². The standard InChI is InChI=1S/C23H25FN6O/c1-26-23-15-22(17-5-6-18(16-25)21(24)13-17)30(27-23)20-4-2-3-19(14-20)29-9-7-28(8-10-29)11-12-31/h2-6,13-15,31H,7-12H2,1H3,(H,26,27). The first-order chi connectivity index (χ1) is 15.1. The Morgan fingerprint density at radius 2 is 1.87 bits per heavy atom. The summed E-state index contributed by atoms with van der Waals surface area (Å²) in [5.74, 6) is 0.121. The molecule has 7 nitrogen and oxygen atoms in total. The minimum absolute atomic E-state index is 0.0194. The second-order valence-electron chi connectivity index (χ2n) is 7.46. The minimum atomic E-state index is -0.548. The highest BCUT2D eigenvalue weighted by molar-refractivity contribution is 5.68. The zero-order chi connectivity index (χ0) is 21.8. The molecule has 3 aromatic rings. The summed E-state index contributed by atoms with van der Waals surface area (Å²) in [7, 11) is 1.79. The van der Waals surface area contributed by atoms with Crippen molar-refractivity contribution in [1.82, 2.24) is 14.7 Å². The summed E-state index contributed by atoms with van der Waals surface area (Å²) in [6.45, 7) is 4.48. The van der Waals surface area contributed by atoms with Gasteiger partial charge in [0.05, 0.1) is 23.6 Å². The molecule has 1 saturated heterocycles. The predicted molar refractivity (Wildman–Crippen MR) is 119 cm³/mol. The summed E-state index contributed by atoms with van der Waals surface area (Å²) in [4.78, 5) is 4.57. The fraction of sp³-hybridized carbons (Fsp3) is 0.304. The van der Waals surface area contributed by atoms with Gasteiger partial charge in [-0.1, -0.05) is 12.1 Å². The van der Waals surface area contributed by atoms with Crippen molar-refractivity contribution in [3.05, 3.63) is 59.9 Å². The molecule has 0 saturated carbocycles. The molecule has 8 heteroatoms. The van der Waals surface area contributed by atoms with Crippen LogP contribution in [0.25, 0.3) is 16.9 Å². The van der Waals surface area contributed by atoms with E-state index in [9.17, 15) is 4.39 Å². The zero-order valence-corrected chi connectivity index (χ0v) is 17.4. The van der Waals surface area contributed by atoms with Gasteiger partial charge in [-0.05, 0) is 30.3 Å². The van der Waals surface area contributed by atoms with E-state index in [0.29, 0.717) is 17.9 Å². The predicted octanol–water partition coefficient (Wildman–Crippen LogP) is 2.71. The highest BCUT2D eigenvalue weighted by Crippen LogP contribution is 2.29. The Kier molecular flexibility index (Phi) is 6.16. The fourth-order valence-electron chi connectivity index (χ4n) is 3.86. The molecule has 4 rings (SSSR count). The Labute approximate surface area is 180 Å². The maximum atomic E-state index is 14.3. The smallest absolute Gasteiger partial charge is 0.148 e. The van der Waals surface area contributed by atoms with Gasteiger partial charge in [-0.2, -0.15) is 5.26 Å². The average Bonchev–Trinajstić information content (AvgIpc) is 3.24.